The molecule has 0 aliphatic heterocycles. The first-order valence-corrected chi connectivity index (χ1v) is 13.2. The largest absolute Gasteiger partial charge is 0.481 e. The van der Waals surface area contributed by atoms with E-state index < -0.39 is 66.2 Å². The molecule has 218 valence electrons. The highest BCUT2D eigenvalue weighted by Gasteiger charge is 2.33. The molecule has 12 heteroatoms. The van der Waals surface area contributed by atoms with E-state index in [1.807, 2.05) is 54.6 Å². The van der Waals surface area contributed by atoms with Crippen molar-refractivity contribution in [1.29, 1.82) is 0 Å². The minimum Gasteiger partial charge on any atom is -0.481 e. The zero-order valence-electron chi connectivity index (χ0n) is 22.8. The Balaban J connectivity index is 1.81. The zero-order valence-corrected chi connectivity index (χ0v) is 22.8. The number of nitrogens with one attached hydrogen (secondary N) is 4. The SMILES string of the molecule is CC(C)C(NC(=O)C(N)Cc1ccccc1)C(=O)NC(Cc1c[nH]c2ccccc12)C(=O)NC(CC(=O)O)C(=O)O. The van der Waals surface area contributed by atoms with E-state index >= 15 is 0 Å². The molecule has 0 saturated carbocycles. The molecule has 3 amide bonds. The molecule has 41 heavy (non-hydrogen) atoms. The maximum Gasteiger partial charge on any atom is 0.326 e. The van der Waals surface area contributed by atoms with Crippen molar-refractivity contribution < 1.29 is 34.2 Å². The van der Waals surface area contributed by atoms with Crippen molar-refractivity contribution in [2.24, 2.45) is 11.7 Å². The first-order chi connectivity index (χ1) is 19.5. The molecule has 0 saturated heterocycles. The zero-order chi connectivity index (χ0) is 30.1. The number of carboxylic acids is 2. The third-order valence-electron chi connectivity index (χ3n) is 6.61. The van der Waals surface area contributed by atoms with Crippen LogP contribution in [0.1, 0.15) is 31.4 Å². The average Bonchev–Trinajstić information content (AvgIpc) is 3.33. The molecule has 0 fully saturated rings. The first kappa shape index (κ1) is 30.8. The minimum absolute atomic E-state index is 0.0344. The second-order valence-corrected chi connectivity index (χ2v) is 10.1. The van der Waals surface area contributed by atoms with Crippen molar-refractivity contribution in [3.8, 4) is 0 Å². The standard InChI is InChI=1S/C29H35N5O7/c1-16(2)25(34-26(37)20(30)12-17-8-4-3-5-9-17)28(39)32-22(27(38)33-23(29(40)41)14-24(35)36)13-18-15-31-21-11-7-6-10-19(18)21/h3-11,15-16,20,22-23,25,31H,12-14,30H2,1-2H3,(H,32,39)(H,33,38)(H,34,37)(H,35,36)(H,40,41). The number of fused-ring (bicyclic) bond motifs is 1. The van der Waals surface area contributed by atoms with Gasteiger partial charge in [0.1, 0.15) is 18.1 Å². The summed E-state index contributed by atoms with van der Waals surface area (Å²) in [6.07, 6.45) is 1.05. The number of H-pyrrole nitrogens is 1. The van der Waals surface area contributed by atoms with Crippen LogP contribution in [-0.2, 0) is 36.8 Å². The third-order valence-corrected chi connectivity index (χ3v) is 6.61. The molecule has 0 radical (unpaired) electrons. The lowest BCUT2D eigenvalue weighted by Gasteiger charge is -2.27. The molecule has 1 aromatic heterocycles. The average molecular weight is 566 g/mol. The molecule has 0 aliphatic rings. The van der Waals surface area contributed by atoms with Crippen molar-refractivity contribution in [2.45, 2.75) is 57.3 Å². The Hall–Kier alpha value is -4.71. The molecule has 2 aromatic carbocycles. The lowest BCUT2D eigenvalue weighted by molar-refractivity contribution is -0.147. The molecule has 8 N–H and O–H groups in total. The number of rotatable bonds is 14. The van der Waals surface area contributed by atoms with Crippen LogP contribution in [0, 0.1) is 5.92 Å². The highest BCUT2D eigenvalue weighted by Crippen LogP contribution is 2.19. The maximum atomic E-state index is 13.4. The van der Waals surface area contributed by atoms with Crippen molar-refractivity contribution in [3.63, 3.8) is 0 Å². The predicted octanol–water partition coefficient (Wildman–Crippen LogP) is 0.950. The van der Waals surface area contributed by atoms with Gasteiger partial charge >= 0.3 is 11.9 Å². The van der Waals surface area contributed by atoms with Crippen LogP contribution in [0.3, 0.4) is 0 Å². The Labute approximate surface area is 236 Å². The topological polar surface area (TPSA) is 204 Å². The summed E-state index contributed by atoms with van der Waals surface area (Å²) in [7, 11) is 0. The van der Waals surface area contributed by atoms with Crippen molar-refractivity contribution in [1.82, 2.24) is 20.9 Å². The molecule has 12 nitrogen and oxygen atoms in total. The molecular formula is C29H35N5O7. The highest BCUT2D eigenvalue weighted by atomic mass is 16.4. The van der Waals surface area contributed by atoms with Crippen LogP contribution in [0.25, 0.3) is 10.9 Å². The molecule has 4 unspecified atom stereocenters. The molecular weight excluding hydrogens is 530 g/mol. The van der Waals surface area contributed by atoms with Gasteiger partial charge < -0.3 is 36.9 Å². The Morgan fingerprint density at radius 1 is 0.805 bits per heavy atom. The summed E-state index contributed by atoms with van der Waals surface area (Å²) < 4.78 is 0. The van der Waals surface area contributed by atoms with Crippen LogP contribution in [0.15, 0.2) is 60.8 Å². The van der Waals surface area contributed by atoms with E-state index in [4.69, 9.17) is 10.8 Å². The van der Waals surface area contributed by atoms with E-state index in [-0.39, 0.29) is 12.8 Å². The third kappa shape index (κ3) is 8.64. The number of aromatic nitrogens is 1. The minimum atomic E-state index is -1.71. The second-order valence-electron chi connectivity index (χ2n) is 10.1. The number of hydrogen-bond acceptors (Lipinski definition) is 6. The first-order valence-electron chi connectivity index (χ1n) is 13.2. The fourth-order valence-corrected chi connectivity index (χ4v) is 4.39. The van der Waals surface area contributed by atoms with Crippen LogP contribution in [-0.4, -0.2) is 69.0 Å². The van der Waals surface area contributed by atoms with E-state index in [2.05, 4.69) is 20.9 Å². The number of hydrogen-bond donors (Lipinski definition) is 7. The summed E-state index contributed by atoms with van der Waals surface area (Å²) in [5.74, 6) is -5.44. The molecule has 0 spiro atoms. The Bertz CT molecular complexity index is 1390. The van der Waals surface area contributed by atoms with Crippen LogP contribution in [0.5, 0.6) is 0 Å². The number of nitrogens with two attached hydrogens (primary N) is 1. The number of benzene rings is 2. The monoisotopic (exact) mass is 565 g/mol. The number of carbonyl (C=O) groups is 5. The van der Waals surface area contributed by atoms with E-state index in [0.29, 0.717) is 5.56 Å². The van der Waals surface area contributed by atoms with Gasteiger partial charge in [0.15, 0.2) is 0 Å². The van der Waals surface area contributed by atoms with Gasteiger partial charge in [-0.1, -0.05) is 62.4 Å². The van der Waals surface area contributed by atoms with Gasteiger partial charge in [0, 0.05) is 23.5 Å². The molecule has 3 rings (SSSR count). The van der Waals surface area contributed by atoms with E-state index in [9.17, 15) is 29.1 Å². The van der Waals surface area contributed by atoms with E-state index in [1.165, 1.54) is 0 Å². The maximum absolute atomic E-state index is 13.4. The Morgan fingerprint density at radius 2 is 1.44 bits per heavy atom. The summed E-state index contributed by atoms with van der Waals surface area (Å²) in [6.45, 7) is 3.44. The second kappa shape index (κ2) is 14.1. The smallest absolute Gasteiger partial charge is 0.326 e. The molecule has 0 aliphatic carbocycles. The summed E-state index contributed by atoms with van der Waals surface area (Å²) in [5, 5.41) is 26.8. The highest BCUT2D eigenvalue weighted by molar-refractivity contribution is 5.95. The molecule has 3 aromatic rings. The quantitative estimate of drug-likeness (QED) is 0.150. The number of aromatic amines is 1. The van der Waals surface area contributed by atoms with Gasteiger partial charge in [-0.3, -0.25) is 19.2 Å². The number of carboxylic acid groups (broad SMARTS) is 2. The fraction of sp³-hybridized carbons (Fsp3) is 0.345. The van der Waals surface area contributed by atoms with Crippen LogP contribution in [0.4, 0.5) is 0 Å². The summed E-state index contributed by atoms with van der Waals surface area (Å²) in [4.78, 5) is 65.4. The number of carbonyl (C=O) groups excluding carboxylic acids is 3. The molecule has 4 atom stereocenters. The van der Waals surface area contributed by atoms with Crippen LogP contribution >= 0.6 is 0 Å². The molecule has 0 bridgehead atoms. The lowest BCUT2D eigenvalue weighted by Crippen LogP contribution is -2.59. The van der Waals surface area contributed by atoms with Gasteiger partial charge in [-0.15, -0.1) is 0 Å². The number of para-hydroxylation sites is 1. The van der Waals surface area contributed by atoms with Crippen LogP contribution < -0.4 is 21.7 Å². The van der Waals surface area contributed by atoms with Gasteiger partial charge in [0.2, 0.25) is 17.7 Å². The summed E-state index contributed by atoms with van der Waals surface area (Å²) in [6, 6.07) is 11.5. The fourth-order valence-electron chi connectivity index (χ4n) is 4.39. The van der Waals surface area contributed by atoms with Gasteiger partial charge in [-0.25, -0.2) is 4.79 Å². The Morgan fingerprint density at radius 3 is 2.07 bits per heavy atom. The van der Waals surface area contributed by atoms with Gasteiger partial charge in [-0.2, -0.15) is 0 Å². The number of aliphatic carboxylic acids is 2. The Kier molecular flexibility index (Phi) is 10.6. The normalized spacial score (nSPS) is 14.0. The summed E-state index contributed by atoms with van der Waals surface area (Å²) >= 11 is 0. The van der Waals surface area contributed by atoms with Gasteiger partial charge in [0.05, 0.1) is 12.5 Å². The van der Waals surface area contributed by atoms with E-state index in [0.717, 1.165) is 16.5 Å². The summed E-state index contributed by atoms with van der Waals surface area (Å²) in [5.41, 5.74) is 8.41. The van der Waals surface area contributed by atoms with Gasteiger partial charge in [0.25, 0.3) is 0 Å². The van der Waals surface area contributed by atoms with E-state index in [1.54, 1.807) is 20.0 Å². The van der Waals surface area contributed by atoms with Gasteiger partial charge in [-0.05, 0) is 29.5 Å². The van der Waals surface area contributed by atoms with Crippen molar-refractivity contribution in [3.05, 3.63) is 71.9 Å². The number of amides is 3. The lowest BCUT2D eigenvalue weighted by atomic mass is 9.99. The van der Waals surface area contributed by atoms with Crippen molar-refractivity contribution >= 4 is 40.6 Å². The molecule has 1 heterocycles. The predicted molar refractivity (Wildman–Crippen MR) is 151 cm³/mol. The van der Waals surface area contributed by atoms with Crippen molar-refractivity contribution in [2.75, 3.05) is 0 Å². The van der Waals surface area contributed by atoms with Crippen LogP contribution in [0.2, 0.25) is 0 Å².